The van der Waals surface area contributed by atoms with Gasteiger partial charge < -0.3 is 9.47 Å². The van der Waals surface area contributed by atoms with E-state index < -0.39 is 17.2 Å². The van der Waals surface area contributed by atoms with Gasteiger partial charge >= 0.3 is 5.97 Å². The van der Waals surface area contributed by atoms with E-state index >= 15 is 0 Å². The lowest BCUT2D eigenvalue weighted by molar-refractivity contribution is -0.205. The van der Waals surface area contributed by atoms with Crippen molar-refractivity contribution in [2.45, 2.75) is 102 Å². The van der Waals surface area contributed by atoms with Crippen LogP contribution in [0.25, 0.3) is 0 Å². The van der Waals surface area contributed by atoms with Gasteiger partial charge in [-0.05, 0) is 51.9 Å². The first kappa shape index (κ1) is 17.5. The number of ketones is 1. The zero-order valence-electron chi connectivity index (χ0n) is 15.9. The van der Waals surface area contributed by atoms with Gasteiger partial charge in [0.15, 0.2) is 5.78 Å². The molecule has 2 aliphatic carbocycles. The molecule has 25 heavy (non-hydrogen) atoms. The topological polar surface area (TPSA) is 52.6 Å². The molecule has 0 aromatic rings. The van der Waals surface area contributed by atoms with Gasteiger partial charge in [0.25, 0.3) is 0 Å². The monoisotopic (exact) mass is 348 g/mol. The molecule has 2 saturated carbocycles. The molecule has 0 amide bonds. The lowest BCUT2D eigenvalue weighted by Crippen LogP contribution is -2.58. The van der Waals surface area contributed by atoms with Crippen LogP contribution in [0.15, 0.2) is 0 Å². The standard InChI is InChI=1S/C21H32O4/c1-19(2,3)24-18(23)21-16(22)11-13-20(25-21)12-7-10-15(20)17(21)14-8-5-4-6-9-14/h14-15,17H,4-13H2,1-3H3/t15-,17-,20+,21-/m0/s1. The fourth-order valence-electron chi connectivity index (χ4n) is 6.29. The van der Waals surface area contributed by atoms with Gasteiger partial charge in [-0.1, -0.05) is 38.5 Å². The number of esters is 1. The second-order valence-corrected chi connectivity index (χ2v) is 9.75. The third kappa shape index (κ3) is 2.58. The summed E-state index contributed by atoms with van der Waals surface area (Å²) in [5.41, 5.74) is -2.17. The van der Waals surface area contributed by atoms with Crippen LogP contribution in [0.3, 0.4) is 0 Å². The Hall–Kier alpha value is -0.900. The van der Waals surface area contributed by atoms with E-state index in [2.05, 4.69) is 0 Å². The molecule has 140 valence electrons. The largest absolute Gasteiger partial charge is 0.457 e. The molecular weight excluding hydrogens is 316 g/mol. The summed E-state index contributed by atoms with van der Waals surface area (Å²) in [7, 11) is 0. The van der Waals surface area contributed by atoms with Crippen LogP contribution in [-0.2, 0) is 19.1 Å². The number of ether oxygens (including phenoxy) is 2. The summed E-state index contributed by atoms with van der Waals surface area (Å²) in [5, 5.41) is 0. The van der Waals surface area contributed by atoms with Crippen molar-refractivity contribution in [2.24, 2.45) is 17.8 Å². The van der Waals surface area contributed by atoms with Crippen LogP contribution in [0, 0.1) is 17.8 Å². The van der Waals surface area contributed by atoms with Crippen LogP contribution in [0.2, 0.25) is 0 Å². The lowest BCUT2D eigenvalue weighted by atomic mass is 9.65. The zero-order chi connectivity index (χ0) is 17.9. The predicted octanol–water partition coefficient (Wildman–Crippen LogP) is 4.20. The van der Waals surface area contributed by atoms with E-state index in [9.17, 15) is 9.59 Å². The van der Waals surface area contributed by atoms with Crippen LogP contribution >= 0.6 is 0 Å². The highest BCUT2D eigenvalue weighted by molar-refractivity contribution is 6.09. The quantitative estimate of drug-likeness (QED) is 0.554. The first-order valence-electron chi connectivity index (χ1n) is 10.3. The second kappa shape index (κ2) is 5.80. The van der Waals surface area contributed by atoms with Gasteiger partial charge in [0.2, 0.25) is 5.60 Å². The molecule has 4 fully saturated rings. The third-order valence-corrected chi connectivity index (χ3v) is 7.11. The van der Waals surface area contributed by atoms with E-state index in [1.54, 1.807) is 0 Å². The maximum absolute atomic E-state index is 13.3. The number of hydrogen-bond acceptors (Lipinski definition) is 4. The fraction of sp³-hybridized carbons (Fsp3) is 0.905. The van der Waals surface area contributed by atoms with E-state index in [4.69, 9.17) is 9.47 Å². The molecule has 1 spiro atoms. The summed E-state index contributed by atoms with van der Waals surface area (Å²) in [5.74, 6) is 0.384. The van der Waals surface area contributed by atoms with Gasteiger partial charge in [-0.3, -0.25) is 4.79 Å². The zero-order valence-corrected chi connectivity index (χ0v) is 15.9. The van der Waals surface area contributed by atoms with Gasteiger partial charge in [-0.25, -0.2) is 4.79 Å². The Morgan fingerprint density at radius 1 is 1.08 bits per heavy atom. The highest BCUT2D eigenvalue weighted by Gasteiger charge is 2.73. The van der Waals surface area contributed by atoms with Crippen LogP contribution in [0.5, 0.6) is 0 Å². The van der Waals surface area contributed by atoms with Crippen molar-refractivity contribution in [3.05, 3.63) is 0 Å². The summed E-state index contributed by atoms with van der Waals surface area (Å²) < 4.78 is 12.3. The molecule has 0 unspecified atom stereocenters. The van der Waals surface area contributed by atoms with Crippen LogP contribution < -0.4 is 0 Å². The van der Waals surface area contributed by atoms with Crippen molar-refractivity contribution < 1.29 is 19.1 Å². The number of hydrogen-bond donors (Lipinski definition) is 0. The average molecular weight is 348 g/mol. The molecule has 0 aromatic heterocycles. The minimum atomic E-state index is -1.32. The Labute approximate surface area is 151 Å². The molecule has 4 rings (SSSR count). The smallest absolute Gasteiger partial charge is 0.347 e. The molecule has 4 nitrogen and oxygen atoms in total. The molecule has 2 bridgehead atoms. The van der Waals surface area contributed by atoms with Crippen LogP contribution in [-0.4, -0.2) is 28.6 Å². The van der Waals surface area contributed by atoms with Gasteiger partial charge in [0.1, 0.15) is 5.60 Å². The normalized spacial score (nSPS) is 41.6. The highest BCUT2D eigenvalue weighted by atomic mass is 16.6. The summed E-state index contributed by atoms with van der Waals surface area (Å²) >= 11 is 0. The average Bonchev–Trinajstić information content (AvgIpc) is 3.03. The van der Waals surface area contributed by atoms with Crippen LogP contribution in [0.4, 0.5) is 0 Å². The first-order chi connectivity index (χ1) is 11.8. The number of carbonyl (C=O) groups excluding carboxylic acids is 2. The third-order valence-electron chi connectivity index (χ3n) is 7.11. The molecule has 2 aliphatic heterocycles. The maximum atomic E-state index is 13.3. The molecule has 0 radical (unpaired) electrons. The highest BCUT2D eigenvalue weighted by Crippen LogP contribution is 2.64. The lowest BCUT2D eigenvalue weighted by Gasteiger charge is -2.41. The van der Waals surface area contributed by atoms with Crippen LogP contribution in [0.1, 0.15) is 85.0 Å². The molecule has 0 aromatic carbocycles. The summed E-state index contributed by atoms with van der Waals surface area (Å²) in [6.07, 6.45) is 10.5. The number of carbonyl (C=O) groups is 2. The Morgan fingerprint density at radius 2 is 1.80 bits per heavy atom. The van der Waals surface area contributed by atoms with E-state index in [1.807, 2.05) is 20.8 Å². The molecular formula is C21H32O4. The Kier molecular flexibility index (Phi) is 4.06. The molecule has 2 saturated heterocycles. The van der Waals surface area contributed by atoms with Crippen molar-refractivity contribution in [3.8, 4) is 0 Å². The van der Waals surface area contributed by atoms with Crippen molar-refractivity contribution in [1.82, 2.24) is 0 Å². The predicted molar refractivity (Wildman–Crippen MR) is 94.0 cm³/mol. The molecule has 4 heteroatoms. The van der Waals surface area contributed by atoms with Crippen molar-refractivity contribution in [1.29, 1.82) is 0 Å². The number of fused-ring (bicyclic) bond motifs is 1. The number of Topliss-reactive ketones (excluding diaryl/α,β-unsaturated/α-hetero) is 1. The minimum Gasteiger partial charge on any atom is -0.457 e. The number of rotatable bonds is 2. The van der Waals surface area contributed by atoms with Gasteiger partial charge in [0, 0.05) is 12.3 Å². The SMILES string of the molecule is CC(C)(C)OC(=O)[C@@]12O[C@]3(CCC[C@H]3[C@@H]1C1CCCCC1)CCC2=O. The molecule has 4 atom stereocenters. The summed E-state index contributed by atoms with van der Waals surface area (Å²) in [4.78, 5) is 26.5. The second-order valence-electron chi connectivity index (χ2n) is 9.75. The van der Waals surface area contributed by atoms with Gasteiger partial charge in [-0.15, -0.1) is 0 Å². The Morgan fingerprint density at radius 3 is 2.48 bits per heavy atom. The van der Waals surface area contributed by atoms with Crippen molar-refractivity contribution in [2.75, 3.05) is 0 Å². The van der Waals surface area contributed by atoms with E-state index in [1.165, 1.54) is 19.3 Å². The van der Waals surface area contributed by atoms with Crippen molar-refractivity contribution >= 4 is 11.8 Å². The summed E-state index contributed by atoms with van der Waals surface area (Å²) in [6.45, 7) is 5.61. The first-order valence-corrected chi connectivity index (χ1v) is 10.3. The Balaban J connectivity index is 1.76. The summed E-state index contributed by atoms with van der Waals surface area (Å²) in [6, 6.07) is 0. The van der Waals surface area contributed by atoms with Gasteiger partial charge in [-0.2, -0.15) is 0 Å². The Bertz CT molecular complexity index is 571. The van der Waals surface area contributed by atoms with E-state index in [-0.39, 0.29) is 17.3 Å². The maximum Gasteiger partial charge on any atom is 0.347 e. The van der Waals surface area contributed by atoms with Gasteiger partial charge in [0.05, 0.1) is 5.60 Å². The minimum absolute atomic E-state index is 0.0163. The molecule has 2 heterocycles. The van der Waals surface area contributed by atoms with Crippen molar-refractivity contribution in [3.63, 3.8) is 0 Å². The fourth-order valence-corrected chi connectivity index (χ4v) is 6.29. The molecule has 4 aliphatic rings. The van der Waals surface area contributed by atoms with E-state index in [0.717, 1.165) is 38.5 Å². The molecule has 0 N–H and O–H groups in total. The van der Waals surface area contributed by atoms with E-state index in [0.29, 0.717) is 18.3 Å².